The Morgan fingerprint density at radius 3 is 2.61 bits per heavy atom. The van der Waals surface area contributed by atoms with Gasteiger partial charge in [-0.05, 0) is 30.6 Å². The predicted molar refractivity (Wildman–Crippen MR) is 78.4 cm³/mol. The predicted octanol–water partition coefficient (Wildman–Crippen LogP) is 2.49. The molecule has 0 N–H and O–H groups in total. The van der Waals surface area contributed by atoms with E-state index in [9.17, 15) is 4.79 Å². The summed E-state index contributed by atoms with van der Waals surface area (Å²) < 4.78 is 0. The molecule has 0 aromatic carbocycles. The third kappa shape index (κ3) is 2.60. The minimum Gasteiger partial charge on any atom is -0.346 e. The first kappa shape index (κ1) is 14.0. The van der Waals surface area contributed by atoms with Crippen LogP contribution in [0.25, 0.3) is 0 Å². The van der Waals surface area contributed by atoms with Crippen LogP contribution in [0.3, 0.4) is 0 Å². The van der Waals surface area contributed by atoms with Crippen molar-refractivity contribution in [1.82, 2.24) is 4.90 Å². The Kier molecular flexibility index (Phi) is 3.55. The lowest BCUT2D eigenvalue weighted by Crippen LogP contribution is -2.49. The molecule has 2 rings (SSSR count). The van der Waals surface area contributed by atoms with E-state index in [4.69, 9.17) is 0 Å². The molecule has 1 heterocycles. The topological polar surface area (TPSA) is 20.3 Å². The van der Waals surface area contributed by atoms with Crippen LogP contribution in [0.4, 0.5) is 0 Å². The third-order valence-electron chi connectivity index (χ3n) is 5.26. The SMILES string of the molecule is BC1(C)CCCC2C(=O)N(C)CCC2C(C)(C)C1. The Labute approximate surface area is 113 Å². The van der Waals surface area contributed by atoms with Crippen LogP contribution in [0.2, 0.25) is 5.31 Å². The summed E-state index contributed by atoms with van der Waals surface area (Å²) in [6.07, 6.45) is 6.01. The lowest BCUT2D eigenvalue weighted by Gasteiger charge is -2.49. The Hall–Kier alpha value is -0.465. The number of hydrogen-bond acceptors (Lipinski definition) is 1. The second-order valence-electron chi connectivity index (χ2n) is 7.98. The Balaban J connectivity index is 2.25. The van der Waals surface area contributed by atoms with Crippen LogP contribution in [-0.4, -0.2) is 32.2 Å². The summed E-state index contributed by atoms with van der Waals surface area (Å²) in [5.41, 5.74) is 0.297. The number of nitrogens with zero attached hydrogens (tertiary/aromatic N) is 1. The van der Waals surface area contributed by atoms with E-state index in [1.54, 1.807) is 0 Å². The first-order valence-electron chi connectivity index (χ1n) is 7.48. The number of fused-ring (bicyclic) bond motifs is 1. The molecule has 2 nitrogen and oxygen atoms in total. The summed E-state index contributed by atoms with van der Waals surface area (Å²) in [6, 6.07) is 0. The summed E-state index contributed by atoms with van der Waals surface area (Å²) in [5.74, 6) is 1.27. The molecule has 102 valence electrons. The van der Waals surface area contributed by atoms with E-state index in [1.807, 2.05) is 11.9 Å². The molecule has 0 bridgehead atoms. The average Bonchev–Trinajstić information content (AvgIpc) is 2.20. The van der Waals surface area contributed by atoms with Gasteiger partial charge in [-0.15, -0.1) is 0 Å². The Morgan fingerprint density at radius 2 is 1.94 bits per heavy atom. The largest absolute Gasteiger partial charge is 0.346 e. The number of piperidine rings is 1. The zero-order valence-corrected chi connectivity index (χ0v) is 12.8. The van der Waals surface area contributed by atoms with Crippen molar-refractivity contribution in [1.29, 1.82) is 0 Å². The highest BCUT2D eigenvalue weighted by atomic mass is 16.2. The summed E-state index contributed by atoms with van der Waals surface area (Å²) in [7, 11) is 4.36. The molecular weight excluding hydrogens is 221 g/mol. The fraction of sp³-hybridized carbons (Fsp3) is 0.933. The molecule has 1 amide bonds. The van der Waals surface area contributed by atoms with Crippen LogP contribution in [0, 0.1) is 17.3 Å². The fourth-order valence-electron chi connectivity index (χ4n) is 4.61. The third-order valence-corrected chi connectivity index (χ3v) is 5.26. The number of hydrogen-bond donors (Lipinski definition) is 0. The normalized spacial score (nSPS) is 40.9. The number of amides is 1. The number of rotatable bonds is 0. The van der Waals surface area contributed by atoms with Gasteiger partial charge in [0, 0.05) is 19.5 Å². The fourth-order valence-corrected chi connectivity index (χ4v) is 4.61. The zero-order valence-electron chi connectivity index (χ0n) is 12.8. The summed E-state index contributed by atoms with van der Waals surface area (Å²) in [6.45, 7) is 8.11. The van der Waals surface area contributed by atoms with Gasteiger partial charge in [0.2, 0.25) is 5.91 Å². The maximum absolute atomic E-state index is 12.4. The van der Waals surface area contributed by atoms with Crippen LogP contribution >= 0.6 is 0 Å². The van der Waals surface area contributed by atoms with Crippen molar-refractivity contribution < 1.29 is 4.79 Å². The Bertz CT molecular complexity index is 337. The minimum atomic E-state index is 0.287. The van der Waals surface area contributed by atoms with E-state index in [1.165, 1.54) is 25.7 Å². The van der Waals surface area contributed by atoms with Crippen LogP contribution < -0.4 is 0 Å². The first-order chi connectivity index (χ1) is 8.23. The van der Waals surface area contributed by atoms with Crippen molar-refractivity contribution >= 4 is 13.8 Å². The second-order valence-corrected chi connectivity index (χ2v) is 7.98. The van der Waals surface area contributed by atoms with Crippen molar-refractivity contribution in [3.05, 3.63) is 0 Å². The molecule has 3 heteroatoms. The van der Waals surface area contributed by atoms with Crippen molar-refractivity contribution in [3.63, 3.8) is 0 Å². The van der Waals surface area contributed by atoms with E-state index < -0.39 is 0 Å². The molecule has 1 aliphatic carbocycles. The molecule has 2 fully saturated rings. The van der Waals surface area contributed by atoms with Crippen molar-refractivity contribution in [2.45, 2.75) is 58.2 Å². The van der Waals surface area contributed by atoms with E-state index in [0.29, 0.717) is 22.6 Å². The molecule has 0 spiro atoms. The van der Waals surface area contributed by atoms with Crippen molar-refractivity contribution in [3.8, 4) is 0 Å². The van der Waals surface area contributed by atoms with Gasteiger partial charge in [-0.1, -0.05) is 38.9 Å². The molecular formula is C15H28BNO. The molecule has 1 saturated carbocycles. The molecule has 3 atom stereocenters. The summed E-state index contributed by atoms with van der Waals surface area (Å²) in [5, 5.41) is 0.431. The van der Waals surface area contributed by atoms with E-state index in [2.05, 4.69) is 28.6 Å². The van der Waals surface area contributed by atoms with Crippen LogP contribution in [0.1, 0.15) is 52.9 Å². The molecule has 0 radical (unpaired) electrons. The van der Waals surface area contributed by atoms with Gasteiger partial charge in [0.15, 0.2) is 0 Å². The van der Waals surface area contributed by atoms with Gasteiger partial charge in [0.25, 0.3) is 0 Å². The van der Waals surface area contributed by atoms with Crippen LogP contribution in [0.15, 0.2) is 0 Å². The van der Waals surface area contributed by atoms with Gasteiger partial charge >= 0.3 is 0 Å². The molecule has 1 saturated heterocycles. The van der Waals surface area contributed by atoms with Gasteiger partial charge in [0.05, 0.1) is 0 Å². The molecule has 18 heavy (non-hydrogen) atoms. The molecule has 2 aliphatic rings. The highest BCUT2D eigenvalue weighted by Crippen LogP contribution is 2.52. The summed E-state index contributed by atoms with van der Waals surface area (Å²) >= 11 is 0. The van der Waals surface area contributed by atoms with Gasteiger partial charge in [-0.25, -0.2) is 0 Å². The first-order valence-corrected chi connectivity index (χ1v) is 7.48. The standard InChI is InChI=1S/C15H28BNO/c1-14(2)10-15(3,16)8-5-6-11-12(14)7-9-17(4)13(11)18/h11-12H,5-10,16H2,1-4H3. The molecule has 0 aromatic rings. The highest BCUT2D eigenvalue weighted by molar-refractivity contribution is 6.14. The van der Waals surface area contributed by atoms with Crippen LogP contribution in [-0.2, 0) is 4.79 Å². The highest BCUT2D eigenvalue weighted by Gasteiger charge is 2.45. The average molecular weight is 249 g/mol. The van der Waals surface area contributed by atoms with Crippen molar-refractivity contribution in [2.24, 2.45) is 17.3 Å². The number of carbonyl (C=O) groups excluding carboxylic acids is 1. The lowest BCUT2D eigenvalue weighted by atomic mass is 9.53. The molecule has 1 aliphatic heterocycles. The van der Waals surface area contributed by atoms with Crippen molar-refractivity contribution in [2.75, 3.05) is 13.6 Å². The van der Waals surface area contributed by atoms with Gasteiger partial charge in [0.1, 0.15) is 7.85 Å². The minimum absolute atomic E-state index is 0.287. The quantitative estimate of drug-likeness (QED) is 0.604. The maximum atomic E-state index is 12.4. The lowest BCUT2D eigenvalue weighted by molar-refractivity contribution is -0.144. The Morgan fingerprint density at radius 1 is 1.28 bits per heavy atom. The van der Waals surface area contributed by atoms with Gasteiger partial charge in [-0.2, -0.15) is 0 Å². The molecule has 0 aromatic heterocycles. The monoisotopic (exact) mass is 249 g/mol. The summed E-state index contributed by atoms with van der Waals surface area (Å²) in [4.78, 5) is 14.3. The number of likely N-dealkylation sites (tertiary alicyclic amines) is 1. The zero-order chi connectivity index (χ0) is 13.6. The molecule has 3 unspecified atom stereocenters. The van der Waals surface area contributed by atoms with Crippen LogP contribution in [0.5, 0.6) is 0 Å². The van der Waals surface area contributed by atoms with E-state index >= 15 is 0 Å². The smallest absolute Gasteiger partial charge is 0.225 e. The second kappa shape index (κ2) is 4.57. The van der Waals surface area contributed by atoms with Gasteiger partial charge < -0.3 is 4.90 Å². The maximum Gasteiger partial charge on any atom is 0.225 e. The van der Waals surface area contributed by atoms with Gasteiger partial charge in [-0.3, -0.25) is 4.79 Å². The van der Waals surface area contributed by atoms with E-state index in [0.717, 1.165) is 13.0 Å². The number of carbonyl (C=O) groups is 1. The van der Waals surface area contributed by atoms with E-state index in [-0.39, 0.29) is 5.92 Å².